The number of nitrogens with one attached hydrogen (secondary N) is 1. The van der Waals surface area contributed by atoms with Gasteiger partial charge in [-0.1, -0.05) is 12.1 Å². The Morgan fingerprint density at radius 1 is 0.966 bits per heavy atom. The van der Waals surface area contributed by atoms with Gasteiger partial charge in [0.25, 0.3) is 0 Å². The Kier molecular flexibility index (Phi) is 4.62. The molecule has 6 nitrogen and oxygen atoms in total. The zero-order valence-electron chi connectivity index (χ0n) is 16.4. The molecular formula is C23H25N3O3. The summed E-state index contributed by atoms with van der Waals surface area (Å²) in [6.45, 7) is 3.43. The second-order valence-corrected chi connectivity index (χ2v) is 8.00. The molecule has 2 heterocycles. The van der Waals surface area contributed by atoms with Crippen molar-refractivity contribution in [3.05, 3.63) is 53.1 Å². The fourth-order valence-corrected chi connectivity index (χ4v) is 4.48. The summed E-state index contributed by atoms with van der Waals surface area (Å²) >= 11 is 0. The molecule has 150 valence electrons. The second kappa shape index (κ2) is 7.43. The first-order valence-corrected chi connectivity index (χ1v) is 10.4. The van der Waals surface area contributed by atoms with Crippen LogP contribution in [0.15, 0.2) is 36.4 Å². The molecular weight excluding hydrogens is 366 g/mol. The molecule has 2 aromatic rings. The molecule has 29 heavy (non-hydrogen) atoms. The van der Waals surface area contributed by atoms with Crippen LogP contribution in [0.4, 0.5) is 11.4 Å². The summed E-state index contributed by atoms with van der Waals surface area (Å²) in [5.41, 5.74) is 5.96. The fraction of sp³-hybridized carbons (Fsp3) is 0.391. The molecule has 6 heteroatoms. The van der Waals surface area contributed by atoms with Crippen LogP contribution in [0.5, 0.6) is 5.75 Å². The van der Waals surface area contributed by atoms with E-state index in [0.717, 1.165) is 37.4 Å². The van der Waals surface area contributed by atoms with Gasteiger partial charge in [0, 0.05) is 49.2 Å². The van der Waals surface area contributed by atoms with Gasteiger partial charge in [-0.15, -0.1) is 0 Å². The normalized spacial score (nSPS) is 17.7. The van der Waals surface area contributed by atoms with Gasteiger partial charge in [0.1, 0.15) is 5.75 Å². The molecule has 0 bridgehead atoms. The van der Waals surface area contributed by atoms with Crippen LogP contribution in [0.25, 0.3) is 0 Å². The largest absolute Gasteiger partial charge is 0.426 e. The Morgan fingerprint density at radius 3 is 2.62 bits per heavy atom. The first-order valence-electron chi connectivity index (χ1n) is 10.4. The molecule has 1 amide bonds. The van der Waals surface area contributed by atoms with Crippen molar-refractivity contribution >= 4 is 23.3 Å². The summed E-state index contributed by atoms with van der Waals surface area (Å²) < 4.78 is 5.17. The topological polar surface area (TPSA) is 61.9 Å². The zero-order valence-corrected chi connectivity index (χ0v) is 16.4. The number of hydrogen-bond donors (Lipinski definition) is 1. The molecule has 3 aliphatic rings. The van der Waals surface area contributed by atoms with Crippen LogP contribution in [0.2, 0.25) is 0 Å². The lowest BCUT2D eigenvalue weighted by molar-refractivity contribution is -0.132. The number of esters is 1. The first kappa shape index (κ1) is 18.0. The number of rotatable bonds is 4. The van der Waals surface area contributed by atoms with Crippen LogP contribution >= 0.6 is 0 Å². The maximum atomic E-state index is 12.6. The molecule has 0 radical (unpaired) electrons. The second-order valence-electron chi connectivity index (χ2n) is 8.00. The van der Waals surface area contributed by atoms with E-state index in [1.165, 1.54) is 36.1 Å². The highest BCUT2D eigenvalue weighted by Gasteiger charge is 2.23. The van der Waals surface area contributed by atoms with Crippen LogP contribution in [0.1, 0.15) is 23.1 Å². The van der Waals surface area contributed by atoms with Crippen molar-refractivity contribution in [2.75, 3.05) is 42.9 Å². The highest BCUT2D eigenvalue weighted by Crippen LogP contribution is 2.29. The molecule has 2 aliphatic heterocycles. The summed E-state index contributed by atoms with van der Waals surface area (Å²) in [5.74, 6) is 0.459. The predicted octanol–water partition coefficient (Wildman–Crippen LogP) is 2.40. The minimum absolute atomic E-state index is 0.0936. The van der Waals surface area contributed by atoms with Crippen molar-refractivity contribution in [3.63, 3.8) is 0 Å². The first-order chi connectivity index (χ1) is 14.2. The van der Waals surface area contributed by atoms with E-state index in [0.29, 0.717) is 12.2 Å². The van der Waals surface area contributed by atoms with Gasteiger partial charge in [0.15, 0.2) is 0 Å². The molecule has 0 aromatic heterocycles. The maximum Gasteiger partial charge on any atom is 0.315 e. The molecule has 0 spiro atoms. The molecule has 1 N–H and O–H groups in total. The van der Waals surface area contributed by atoms with Crippen LogP contribution in [0.3, 0.4) is 0 Å². The summed E-state index contributed by atoms with van der Waals surface area (Å²) in [6.07, 6.45) is 3.98. The number of carbonyl (C=O) groups excluding carboxylic acids is 2. The summed E-state index contributed by atoms with van der Waals surface area (Å²) in [5, 5.41) is 3.16. The quantitative estimate of drug-likeness (QED) is 0.641. The lowest BCUT2D eigenvalue weighted by Gasteiger charge is -2.36. The zero-order chi connectivity index (χ0) is 19.8. The monoisotopic (exact) mass is 391 g/mol. The number of ether oxygens (including phenoxy) is 1. The molecule has 1 aliphatic carbocycles. The van der Waals surface area contributed by atoms with E-state index in [9.17, 15) is 9.59 Å². The van der Waals surface area contributed by atoms with Crippen molar-refractivity contribution in [3.8, 4) is 5.75 Å². The lowest BCUT2D eigenvalue weighted by atomic mass is 10.1. The summed E-state index contributed by atoms with van der Waals surface area (Å²) in [6, 6.07) is 12.4. The Bertz CT molecular complexity index is 964. The van der Waals surface area contributed by atoms with Crippen molar-refractivity contribution in [1.82, 2.24) is 4.90 Å². The Hall–Kier alpha value is -3.02. The number of benzene rings is 2. The average Bonchev–Trinajstić information content (AvgIpc) is 3.36. The number of carbonyl (C=O) groups is 2. The van der Waals surface area contributed by atoms with Crippen LogP contribution in [0, 0.1) is 0 Å². The average molecular weight is 391 g/mol. The Labute approximate surface area is 170 Å². The van der Waals surface area contributed by atoms with Gasteiger partial charge < -0.3 is 19.9 Å². The molecule has 1 fully saturated rings. The highest BCUT2D eigenvalue weighted by molar-refractivity contribution is 5.83. The lowest BCUT2D eigenvalue weighted by Crippen LogP contribution is -2.50. The molecule has 0 saturated carbocycles. The Morgan fingerprint density at radius 2 is 1.76 bits per heavy atom. The van der Waals surface area contributed by atoms with Gasteiger partial charge in [-0.3, -0.25) is 9.59 Å². The Balaban J connectivity index is 1.14. The smallest absolute Gasteiger partial charge is 0.315 e. The number of amides is 1. The van der Waals surface area contributed by atoms with Gasteiger partial charge in [0.2, 0.25) is 5.91 Å². The van der Waals surface area contributed by atoms with E-state index in [1.54, 1.807) is 6.07 Å². The third kappa shape index (κ3) is 3.67. The third-order valence-electron chi connectivity index (χ3n) is 6.15. The highest BCUT2D eigenvalue weighted by atomic mass is 16.5. The molecule has 2 aromatic carbocycles. The number of hydrogen-bond acceptors (Lipinski definition) is 5. The van der Waals surface area contributed by atoms with Crippen LogP contribution < -0.4 is 15.0 Å². The molecule has 5 rings (SSSR count). The van der Waals surface area contributed by atoms with E-state index in [4.69, 9.17) is 4.74 Å². The summed E-state index contributed by atoms with van der Waals surface area (Å²) in [4.78, 5) is 28.3. The van der Waals surface area contributed by atoms with E-state index in [1.807, 2.05) is 17.0 Å². The summed E-state index contributed by atoms with van der Waals surface area (Å²) in [7, 11) is 0. The number of piperazine rings is 1. The van der Waals surface area contributed by atoms with Gasteiger partial charge in [-0.2, -0.15) is 0 Å². The van der Waals surface area contributed by atoms with Gasteiger partial charge in [-0.05, 0) is 48.6 Å². The number of fused-ring (bicyclic) bond motifs is 2. The SMILES string of the molecule is O=C1Cc2ccc(NCC(=O)N3CCN(c4ccc5c(c4)CCC5)CC3)cc2O1. The van der Waals surface area contributed by atoms with E-state index in [-0.39, 0.29) is 18.4 Å². The van der Waals surface area contributed by atoms with Crippen molar-refractivity contribution < 1.29 is 14.3 Å². The van der Waals surface area contributed by atoms with Gasteiger partial charge in [-0.25, -0.2) is 0 Å². The van der Waals surface area contributed by atoms with Gasteiger partial charge >= 0.3 is 5.97 Å². The van der Waals surface area contributed by atoms with Crippen LogP contribution in [-0.2, 0) is 28.9 Å². The minimum atomic E-state index is -0.227. The van der Waals surface area contributed by atoms with Crippen molar-refractivity contribution in [2.45, 2.75) is 25.7 Å². The predicted molar refractivity (Wildman–Crippen MR) is 112 cm³/mol. The minimum Gasteiger partial charge on any atom is -0.426 e. The van der Waals surface area contributed by atoms with E-state index < -0.39 is 0 Å². The number of nitrogens with zero attached hydrogens (tertiary/aromatic N) is 2. The number of aryl methyl sites for hydroxylation is 2. The van der Waals surface area contributed by atoms with Crippen LogP contribution in [-0.4, -0.2) is 49.5 Å². The third-order valence-corrected chi connectivity index (χ3v) is 6.15. The maximum absolute atomic E-state index is 12.6. The molecule has 0 unspecified atom stereocenters. The van der Waals surface area contributed by atoms with Gasteiger partial charge in [0.05, 0.1) is 13.0 Å². The standard InChI is InChI=1S/C23H25N3O3/c27-22(15-24-19-6-4-18-13-23(28)29-21(18)14-19)26-10-8-25(9-11-26)20-7-5-16-2-1-3-17(16)12-20/h4-7,12,14,24H,1-3,8-11,13,15H2. The van der Waals surface area contributed by atoms with E-state index in [2.05, 4.69) is 28.4 Å². The van der Waals surface area contributed by atoms with E-state index >= 15 is 0 Å². The fourth-order valence-electron chi connectivity index (χ4n) is 4.48. The number of anilines is 2. The van der Waals surface area contributed by atoms with Crippen molar-refractivity contribution in [1.29, 1.82) is 0 Å². The molecule has 0 atom stereocenters. The van der Waals surface area contributed by atoms with Crippen molar-refractivity contribution in [2.24, 2.45) is 0 Å². The molecule has 1 saturated heterocycles.